The standard InChI is InChI=1S/C30H36F3N3O4S/c1-18(2)14-22(37)15-20-8-11-21(30(31,32)33)16-24(20)29(40)34-17-27(38)35-25-6-4-5-7-26(25)36-28(39)19-9-12-23(41-3)13-10-19/h8-13,16,18,25-26H,4-7,14-15,17H2,1-3H3,(H,34,40)(H,35,38)(H,36,39)/t25-,26+/m0/s1. The molecule has 2 aromatic rings. The largest absolute Gasteiger partial charge is 0.416 e. The zero-order valence-corrected chi connectivity index (χ0v) is 24.2. The zero-order chi connectivity index (χ0) is 30.2. The Morgan fingerprint density at radius 3 is 2.15 bits per heavy atom. The third-order valence-electron chi connectivity index (χ3n) is 6.90. The van der Waals surface area contributed by atoms with E-state index in [0.717, 1.165) is 29.9 Å². The molecule has 1 aliphatic carbocycles. The van der Waals surface area contributed by atoms with Crippen molar-refractivity contribution in [3.05, 3.63) is 64.7 Å². The van der Waals surface area contributed by atoms with Gasteiger partial charge in [0, 0.05) is 40.9 Å². The van der Waals surface area contributed by atoms with Crippen molar-refractivity contribution in [1.29, 1.82) is 0 Å². The van der Waals surface area contributed by atoms with E-state index in [0.29, 0.717) is 24.5 Å². The quantitative estimate of drug-likeness (QED) is 0.313. The van der Waals surface area contributed by atoms with Crippen molar-refractivity contribution in [3.8, 4) is 0 Å². The molecule has 1 fully saturated rings. The lowest BCUT2D eigenvalue weighted by Crippen LogP contribution is -2.54. The van der Waals surface area contributed by atoms with Gasteiger partial charge >= 0.3 is 6.18 Å². The van der Waals surface area contributed by atoms with E-state index in [1.807, 2.05) is 32.2 Å². The van der Waals surface area contributed by atoms with Gasteiger partial charge in [-0.15, -0.1) is 11.8 Å². The SMILES string of the molecule is CSc1ccc(C(=O)N[C@@H]2CCCC[C@@H]2NC(=O)CNC(=O)c2cc(C(F)(F)F)ccc2CC(=O)CC(C)C)cc1. The van der Waals surface area contributed by atoms with E-state index < -0.39 is 30.1 Å². The van der Waals surface area contributed by atoms with Crippen LogP contribution < -0.4 is 16.0 Å². The Bertz CT molecular complexity index is 1250. The molecular formula is C30H36F3N3O4S. The lowest BCUT2D eigenvalue weighted by atomic mass is 9.90. The smallest absolute Gasteiger partial charge is 0.350 e. The average molecular weight is 592 g/mol. The number of amides is 3. The van der Waals surface area contributed by atoms with Gasteiger partial charge in [-0.1, -0.05) is 32.8 Å². The molecule has 0 saturated heterocycles. The number of thioether (sulfide) groups is 1. The topological polar surface area (TPSA) is 104 Å². The minimum absolute atomic E-state index is 0.0621. The van der Waals surface area contributed by atoms with Crippen LogP contribution >= 0.6 is 11.8 Å². The Morgan fingerprint density at radius 2 is 1.56 bits per heavy atom. The van der Waals surface area contributed by atoms with Gasteiger partial charge < -0.3 is 16.0 Å². The highest BCUT2D eigenvalue weighted by Gasteiger charge is 2.32. The van der Waals surface area contributed by atoms with E-state index in [1.54, 1.807) is 23.9 Å². The number of rotatable bonds is 11. The van der Waals surface area contributed by atoms with E-state index in [1.165, 1.54) is 0 Å². The van der Waals surface area contributed by atoms with Gasteiger partial charge in [0.2, 0.25) is 5.91 Å². The Hall–Kier alpha value is -3.34. The fourth-order valence-corrected chi connectivity index (χ4v) is 5.25. The van der Waals surface area contributed by atoms with Crippen molar-refractivity contribution in [2.24, 2.45) is 5.92 Å². The molecule has 3 amide bonds. The zero-order valence-electron chi connectivity index (χ0n) is 23.4. The fourth-order valence-electron chi connectivity index (χ4n) is 4.84. The second kappa shape index (κ2) is 14.5. The summed E-state index contributed by atoms with van der Waals surface area (Å²) in [4.78, 5) is 51.9. The van der Waals surface area contributed by atoms with E-state index in [-0.39, 0.29) is 53.7 Å². The molecular weight excluding hydrogens is 555 g/mol. The number of hydrogen-bond acceptors (Lipinski definition) is 5. The van der Waals surface area contributed by atoms with Gasteiger partial charge in [-0.3, -0.25) is 19.2 Å². The first kappa shape index (κ1) is 32.2. The predicted molar refractivity (Wildman–Crippen MR) is 152 cm³/mol. The van der Waals surface area contributed by atoms with Crippen LogP contribution in [0.1, 0.15) is 77.8 Å². The summed E-state index contributed by atoms with van der Waals surface area (Å²) in [6.45, 7) is 3.23. The number of carbonyl (C=O) groups excluding carboxylic acids is 4. The van der Waals surface area contributed by atoms with Gasteiger partial charge in [0.05, 0.1) is 12.1 Å². The summed E-state index contributed by atoms with van der Waals surface area (Å²) < 4.78 is 40.0. The number of halogens is 3. The lowest BCUT2D eigenvalue weighted by Gasteiger charge is -2.33. The molecule has 3 N–H and O–H groups in total. The third kappa shape index (κ3) is 9.62. The van der Waals surface area contributed by atoms with Gasteiger partial charge in [-0.25, -0.2) is 0 Å². The highest BCUT2D eigenvalue weighted by Crippen LogP contribution is 2.31. The van der Waals surface area contributed by atoms with Crippen LogP contribution in [0.15, 0.2) is 47.4 Å². The normalized spacial score (nSPS) is 17.1. The molecule has 2 atom stereocenters. The molecule has 41 heavy (non-hydrogen) atoms. The van der Waals surface area contributed by atoms with Crippen molar-refractivity contribution < 1.29 is 32.3 Å². The summed E-state index contributed by atoms with van der Waals surface area (Å²) in [5.74, 6) is -1.79. The number of alkyl halides is 3. The molecule has 11 heteroatoms. The monoisotopic (exact) mass is 591 g/mol. The number of ketones is 1. The van der Waals surface area contributed by atoms with E-state index >= 15 is 0 Å². The highest BCUT2D eigenvalue weighted by molar-refractivity contribution is 7.98. The first-order chi connectivity index (χ1) is 19.4. The number of carbonyl (C=O) groups is 4. The second-order valence-corrected chi connectivity index (χ2v) is 11.5. The van der Waals surface area contributed by atoms with Crippen LogP contribution in [0.25, 0.3) is 0 Å². The van der Waals surface area contributed by atoms with Gasteiger partial charge in [-0.05, 0) is 67.0 Å². The van der Waals surface area contributed by atoms with Gasteiger partial charge in [0.15, 0.2) is 0 Å². The summed E-state index contributed by atoms with van der Waals surface area (Å²) >= 11 is 1.57. The number of hydrogen-bond donors (Lipinski definition) is 3. The molecule has 7 nitrogen and oxygen atoms in total. The van der Waals surface area contributed by atoms with Crippen molar-refractivity contribution >= 4 is 35.3 Å². The Morgan fingerprint density at radius 1 is 0.927 bits per heavy atom. The van der Waals surface area contributed by atoms with Gasteiger partial charge in [-0.2, -0.15) is 13.2 Å². The maximum atomic E-state index is 13.3. The molecule has 222 valence electrons. The molecule has 0 radical (unpaired) electrons. The maximum absolute atomic E-state index is 13.3. The summed E-state index contributed by atoms with van der Waals surface area (Å²) in [6.07, 6.45) is 0.346. The first-order valence-corrected chi connectivity index (χ1v) is 14.8. The predicted octanol–water partition coefficient (Wildman–Crippen LogP) is 5.17. The van der Waals surface area contributed by atoms with Crippen LogP contribution in [0, 0.1) is 5.92 Å². The van der Waals surface area contributed by atoms with Gasteiger partial charge in [0.25, 0.3) is 11.8 Å². The average Bonchev–Trinajstić information content (AvgIpc) is 2.92. The van der Waals surface area contributed by atoms with Gasteiger partial charge in [0.1, 0.15) is 5.78 Å². The first-order valence-electron chi connectivity index (χ1n) is 13.6. The number of benzene rings is 2. The summed E-state index contributed by atoms with van der Waals surface area (Å²) in [7, 11) is 0. The molecule has 0 unspecified atom stereocenters. The van der Waals surface area contributed by atoms with Crippen LogP contribution in [0.3, 0.4) is 0 Å². The van der Waals surface area contributed by atoms with Crippen LogP contribution in [0.4, 0.5) is 13.2 Å². The summed E-state index contributed by atoms with van der Waals surface area (Å²) in [5.41, 5.74) is -0.632. The second-order valence-electron chi connectivity index (χ2n) is 10.6. The summed E-state index contributed by atoms with van der Waals surface area (Å²) in [6, 6.07) is 9.23. The maximum Gasteiger partial charge on any atom is 0.416 e. The van der Waals surface area contributed by atoms with Crippen LogP contribution in [-0.2, 0) is 22.2 Å². The highest BCUT2D eigenvalue weighted by atomic mass is 32.2. The minimum atomic E-state index is -4.68. The van der Waals surface area contributed by atoms with Crippen molar-refractivity contribution in [2.75, 3.05) is 12.8 Å². The molecule has 0 bridgehead atoms. The Labute approximate surface area is 242 Å². The van der Waals surface area contributed by atoms with Crippen LogP contribution in [-0.4, -0.2) is 48.4 Å². The number of Topliss-reactive ketones (excluding diaryl/α,β-unsaturated/α-hetero) is 1. The van der Waals surface area contributed by atoms with E-state index in [2.05, 4.69) is 16.0 Å². The van der Waals surface area contributed by atoms with Crippen molar-refractivity contribution in [3.63, 3.8) is 0 Å². The Kier molecular flexibility index (Phi) is 11.4. The third-order valence-corrected chi connectivity index (χ3v) is 7.64. The molecule has 0 heterocycles. The van der Waals surface area contributed by atoms with E-state index in [9.17, 15) is 32.3 Å². The molecule has 1 saturated carbocycles. The molecule has 0 aromatic heterocycles. The van der Waals surface area contributed by atoms with Crippen LogP contribution in [0.2, 0.25) is 0 Å². The van der Waals surface area contributed by atoms with Crippen molar-refractivity contribution in [1.82, 2.24) is 16.0 Å². The fraction of sp³-hybridized carbons (Fsp3) is 0.467. The lowest BCUT2D eigenvalue weighted by molar-refractivity contribution is -0.137. The molecule has 0 spiro atoms. The van der Waals surface area contributed by atoms with Crippen molar-refractivity contribution in [2.45, 2.75) is 75.5 Å². The van der Waals surface area contributed by atoms with Crippen LogP contribution in [0.5, 0.6) is 0 Å². The molecule has 2 aromatic carbocycles. The minimum Gasteiger partial charge on any atom is -0.350 e. The van der Waals surface area contributed by atoms with E-state index in [4.69, 9.17) is 0 Å². The Balaban J connectivity index is 1.64. The molecule has 0 aliphatic heterocycles. The summed E-state index contributed by atoms with van der Waals surface area (Å²) in [5, 5.41) is 8.24. The molecule has 3 rings (SSSR count). The number of nitrogens with one attached hydrogen (secondary N) is 3. The molecule has 1 aliphatic rings.